The van der Waals surface area contributed by atoms with Crippen molar-refractivity contribution in [2.75, 3.05) is 13.4 Å². The molecule has 25 heavy (non-hydrogen) atoms. The van der Waals surface area contributed by atoms with Crippen LogP contribution in [0.1, 0.15) is 15.2 Å². The van der Waals surface area contributed by atoms with Gasteiger partial charge in [-0.05, 0) is 13.2 Å². The van der Waals surface area contributed by atoms with E-state index in [-0.39, 0.29) is 15.6 Å². The molecule has 0 aliphatic carbocycles. The Kier molecular flexibility index (Phi) is 5.39. The van der Waals surface area contributed by atoms with Gasteiger partial charge in [-0.2, -0.15) is 0 Å². The Morgan fingerprint density at radius 1 is 1.40 bits per heavy atom. The summed E-state index contributed by atoms with van der Waals surface area (Å²) in [6.45, 7) is 1.48. The molecule has 2 heterocycles. The minimum Gasteiger partial charge on any atom is -0.465 e. The van der Waals surface area contributed by atoms with Crippen LogP contribution < -0.4 is 10.4 Å². The first kappa shape index (κ1) is 19.2. The standard InChI is InChI=1S/C12H14N4O6S3/c1-6-8(7(5-24-6)9(17)22-3)25(20,21)14-10(18)16-12(19)15(2)11(13-16)23-4/h5H,1-4H3,(H,14,18). The number of thioether (sulfide) groups is 1. The molecule has 0 bridgehead atoms. The molecular weight excluding hydrogens is 392 g/mol. The lowest BCUT2D eigenvalue weighted by Crippen LogP contribution is -2.40. The lowest BCUT2D eigenvalue weighted by Gasteiger charge is -2.07. The number of carbonyl (C=O) groups is 2. The van der Waals surface area contributed by atoms with E-state index < -0.39 is 27.7 Å². The number of amides is 1. The van der Waals surface area contributed by atoms with Gasteiger partial charge >= 0.3 is 17.7 Å². The first-order chi connectivity index (χ1) is 11.6. The van der Waals surface area contributed by atoms with Crippen molar-refractivity contribution in [2.45, 2.75) is 17.0 Å². The van der Waals surface area contributed by atoms with Crippen LogP contribution in [-0.4, -0.2) is 48.1 Å². The molecule has 2 aromatic heterocycles. The number of aryl methyl sites for hydroxylation is 1. The lowest BCUT2D eigenvalue weighted by molar-refractivity contribution is 0.0597. The van der Waals surface area contributed by atoms with Gasteiger partial charge in [0, 0.05) is 17.3 Å². The Bertz CT molecular complexity index is 1000. The minimum absolute atomic E-state index is 0.191. The molecule has 2 aromatic rings. The van der Waals surface area contributed by atoms with E-state index in [4.69, 9.17) is 0 Å². The number of methoxy groups -OCH3 is 1. The van der Waals surface area contributed by atoms with E-state index >= 15 is 0 Å². The van der Waals surface area contributed by atoms with Crippen molar-refractivity contribution in [3.05, 3.63) is 26.3 Å². The third kappa shape index (κ3) is 3.48. The van der Waals surface area contributed by atoms with Crippen molar-refractivity contribution in [2.24, 2.45) is 7.05 Å². The number of aromatic nitrogens is 3. The van der Waals surface area contributed by atoms with Crippen LogP contribution in [-0.2, 0) is 21.8 Å². The Balaban J connectivity index is 2.44. The number of esters is 1. The van der Waals surface area contributed by atoms with Crippen molar-refractivity contribution in [1.82, 2.24) is 19.1 Å². The number of thiophene rings is 1. The number of ether oxygens (including phenoxy) is 1. The van der Waals surface area contributed by atoms with Gasteiger partial charge < -0.3 is 4.74 Å². The number of hydrogen-bond acceptors (Lipinski definition) is 9. The van der Waals surface area contributed by atoms with Gasteiger partial charge in [-0.3, -0.25) is 4.57 Å². The molecule has 0 unspecified atom stereocenters. The third-order valence-corrected chi connectivity index (χ3v) is 6.40. The fourth-order valence-electron chi connectivity index (χ4n) is 1.97. The van der Waals surface area contributed by atoms with Gasteiger partial charge in [0.05, 0.1) is 12.7 Å². The molecule has 0 saturated heterocycles. The molecule has 0 aromatic carbocycles. The molecule has 1 N–H and O–H groups in total. The second-order valence-electron chi connectivity index (χ2n) is 4.68. The van der Waals surface area contributed by atoms with Gasteiger partial charge in [-0.1, -0.05) is 11.8 Å². The highest BCUT2D eigenvalue weighted by atomic mass is 32.2. The Labute approximate surface area is 150 Å². The molecule has 0 fully saturated rings. The molecule has 0 spiro atoms. The predicted molar refractivity (Wildman–Crippen MR) is 90.8 cm³/mol. The fourth-order valence-corrected chi connectivity index (χ4v) is 4.98. The largest absolute Gasteiger partial charge is 0.465 e. The van der Waals surface area contributed by atoms with E-state index in [2.05, 4.69) is 9.84 Å². The molecule has 0 radical (unpaired) electrons. The normalized spacial score (nSPS) is 11.4. The van der Waals surface area contributed by atoms with Gasteiger partial charge in [0.15, 0.2) is 5.16 Å². The van der Waals surface area contributed by atoms with E-state index in [0.717, 1.165) is 34.8 Å². The lowest BCUT2D eigenvalue weighted by atomic mass is 10.3. The zero-order valence-electron chi connectivity index (χ0n) is 13.6. The maximum atomic E-state index is 12.5. The van der Waals surface area contributed by atoms with Gasteiger partial charge in [0.2, 0.25) is 0 Å². The van der Waals surface area contributed by atoms with Crippen LogP contribution in [0.3, 0.4) is 0 Å². The molecule has 0 atom stereocenters. The van der Waals surface area contributed by atoms with Crippen LogP contribution in [0, 0.1) is 6.92 Å². The molecule has 1 amide bonds. The number of sulfonamides is 1. The van der Waals surface area contributed by atoms with Crippen molar-refractivity contribution in [1.29, 1.82) is 0 Å². The summed E-state index contributed by atoms with van der Waals surface area (Å²) < 4.78 is 32.9. The topological polar surface area (TPSA) is 129 Å². The van der Waals surface area contributed by atoms with E-state index in [0.29, 0.717) is 9.56 Å². The van der Waals surface area contributed by atoms with Gasteiger partial charge in [-0.25, -0.2) is 27.5 Å². The number of nitrogens with one attached hydrogen (secondary N) is 1. The first-order valence-electron chi connectivity index (χ1n) is 6.57. The second kappa shape index (κ2) is 7.01. The summed E-state index contributed by atoms with van der Waals surface area (Å²) in [6, 6.07) is -1.25. The van der Waals surface area contributed by atoms with Crippen LogP contribution in [0.15, 0.2) is 20.2 Å². The third-order valence-electron chi connectivity index (χ3n) is 3.13. The summed E-state index contributed by atoms with van der Waals surface area (Å²) in [4.78, 5) is 35.8. The smallest absolute Gasteiger partial charge is 0.360 e. The van der Waals surface area contributed by atoms with Crippen molar-refractivity contribution >= 4 is 45.1 Å². The van der Waals surface area contributed by atoms with E-state index in [1.54, 1.807) is 11.0 Å². The summed E-state index contributed by atoms with van der Waals surface area (Å²) in [5, 5.41) is 5.31. The minimum atomic E-state index is -4.41. The molecule has 0 aliphatic rings. The first-order valence-corrected chi connectivity index (χ1v) is 10.2. The summed E-state index contributed by atoms with van der Waals surface area (Å²) in [6.07, 6.45) is 1.65. The van der Waals surface area contributed by atoms with Gasteiger partial charge in [0.1, 0.15) is 4.90 Å². The molecular formula is C12H14N4O6S3. The van der Waals surface area contributed by atoms with Crippen LogP contribution in [0.2, 0.25) is 0 Å². The Morgan fingerprint density at radius 2 is 2.04 bits per heavy atom. The Morgan fingerprint density at radius 3 is 2.56 bits per heavy atom. The van der Waals surface area contributed by atoms with Gasteiger partial charge in [0.25, 0.3) is 10.0 Å². The van der Waals surface area contributed by atoms with E-state index in [1.165, 1.54) is 19.4 Å². The molecule has 0 saturated carbocycles. The Hall–Kier alpha value is -2.12. The molecule has 2 rings (SSSR count). The van der Waals surface area contributed by atoms with Crippen molar-refractivity contribution in [3.63, 3.8) is 0 Å². The molecule has 10 nitrogen and oxygen atoms in total. The molecule has 136 valence electrons. The highest BCUT2D eigenvalue weighted by Crippen LogP contribution is 2.27. The summed E-state index contributed by atoms with van der Waals surface area (Å²) >= 11 is 2.13. The molecule has 0 aliphatic heterocycles. The van der Waals surface area contributed by atoms with Crippen molar-refractivity contribution < 1.29 is 22.7 Å². The van der Waals surface area contributed by atoms with Crippen LogP contribution in [0.25, 0.3) is 0 Å². The second-order valence-corrected chi connectivity index (χ2v) is 8.15. The van der Waals surface area contributed by atoms with E-state index in [1.807, 2.05) is 0 Å². The predicted octanol–water partition coefficient (Wildman–Crippen LogP) is 0.407. The zero-order valence-corrected chi connectivity index (χ0v) is 16.0. The highest BCUT2D eigenvalue weighted by Gasteiger charge is 2.30. The highest BCUT2D eigenvalue weighted by molar-refractivity contribution is 7.98. The van der Waals surface area contributed by atoms with E-state index in [9.17, 15) is 22.8 Å². The zero-order chi connectivity index (χ0) is 18.9. The van der Waals surface area contributed by atoms with Crippen molar-refractivity contribution in [3.8, 4) is 0 Å². The van der Waals surface area contributed by atoms with Crippen LogP contribution >= 0.6 is 23.1 Å². The summed E-state index contributed by atoms with van der Waals surface area (Å²) in [5.74, 6) is -0.850. The number of hydrogen-bond donors (Lipinski definition) is 1. The number of carbonyl (C=O) groups excluding carboxylic acids is 2. The summed E-state index contributed by atoms with van der Waals surface area (Å²) in [7, 11) is -1.90. The quantitative estimate of drug-likeness (QED) is 0.571. The maximum absolute atomic E-state index is 12.5. The average Bonchev–Trinajstić information content (AvgIpc) is 3.08. The van der Waals surface area contributed by atoms with Crippen LogP contribution in [0.5, 0.6) is 0 Å². The number of nitrogens with zero attached hydrogens (tertiary/aromatic N) is 3. The summed E-state index contributed by atoms with van der Waals surface area (Å²) in [5.41, 5.74) is -0.990. The number of rotatable bonds is 4. The average molecular weight is 406 g/mol. The fraction of sp³-hybridized carbons (Fsp3) is 0.333. The molecule has 13 heteroatoms. The van der Waals surface area contributed by atoms with Crippen LogP contribution in [0.4, 0.5) is 4.79 Å². The monoisotopic (exact) mass is 406 g/mol. The maximum Gasteiger partial charge on any atom is 0.360 e. The SMILES string of the molecule is COC(=O)c1csc(C)c1S(=O)(=O)NC(=O)n1nc(SC)n(C)c1=O. The van der Waals surface area contributed by atoms with Gasteiger partial charge in [-0.15, -0.1) is 21.1 Å².